The number of rotatable bonds is 8. The van der Waals surface area contributed by atoms with Crippen LogP contribution in [-0.2, 0) is 14.8 Å². The molecule has 0 saturated heterocycles. The zero-order valence-corrected chi connectivity index (χ0v) is 11.1. The Balaban J connectivity index is 2.56. The zero-order valence-electron chi connectivity index (χ0n) is 10.3. The third kappa shape index (κ3) is 6.32. The largest absolute Gasteiger partial charge is 0.481 e. The third-order valence-corrected chi connectivity index (χ3v) is 3.53. The summed E-state index contributed by atoms with van der Waals surface area (Å²) in [6.07, 6.45) is -0.265. The Bertz CT molecular complexity index is 544. The van der Waals surface area contributed by atoms with Crippen LogP contribution in [0.1, 0.15) is 12.8 Å². The predicted molar refractivity (Wildman–Crippen MR) is 67.4 cm³/mol. The van der Waals surface area contributed by atoms with E-state index in [1.807, 2.05) is 0 Å². The summed E-state index contributed by atoms with van der Waals surface area (Å²) in [6.45, 7) is -2.95. The number of benzene rings is 1. The van der Waals surface area contributed by atoms with Gasteiger partial charge < -0.3 is 9.84 Å². The van der Waals surface area contributed by atoms with Crippen LogP contribution in [-0.4, -0.2) is 31.9 Å². The van der Waals surface area contributed by atoms with Crippen molar-refractivity contribution in [1.29, 1.82) is 0 Å². The number of sulfonamides is 1. The number of hydrogen-bond acceptors (Lipinski definition) is 4. The van der Waals surface area contributed by atoms with Crippen molar-refractivity contribution in [3.8, 4) is 5.75 Å². The van der Waals surface area contributed by atoms with Crippen molar-refractivity contribution < 1.29 is 31.8 Å². The summed E-state index contributed by atoms with van der Waals surface area (Å²) in [5, 5.41) is 8.41. The number of anilines is 1. The number of nitrogens with one attached hydrogen (secondary N) is 1. The topological polar surface area (TPSA) is 92.7 Å². The van der Waals surface area contributed by atoms with Crippen molar-refractivity contribution in [1.82, 2.24) is 0 Å². The first kappa shape index (κ1) is 16.2. The molecule has 1 aromatic rings. The van der Waals surface area contributed by atoms with E-state index >= 15 is 0 Å². The van der Waals surface area contributed by atoms with E-state index in [4.69, 9.17) is 5.11 Å². The molecule has 0 atom stereocenters. The molecule has 0 fully saturated rings. The first-order valence-corrected chi connectivity index (χ1v) is 7.21. The van der Waals surface area contributed by atoms with Crippen LogP contribution in [0.4, 0.5) is 14.5 Å². The van der Waals surface area contributed by atoms with Crippen LogP contribution in [0.25, 0.3) is 0 Å². The van der Waals surface area contributed by atoms with E-state index < -0.39 is 22.6 Å². The van der Waals surface area contributed by atoms with Crippen molar-refractivity contribution in [2.24, 2.45) is 0 Å². The van der Waals surface area contributed by atoms with Gasteiger partial charge in [0.05, 0.1) is 5.75 Å². The zero-order chi connectivity index (χ0) is 15.2. The van der Waals surface area contributed by atoms with E-state index in [0.29, 0.717) is 0 Å². The maximum atomic E-state index is 11.9. The highest BCUT2D eigenvalue weighted by Gasteiger charge is 2.12. The molecule has 0 amide bonds. The first-order chi connectivity index (χ1) is 9.28. The van der Waals surface area contributed by atoms with Gasteiger partial charge in [-0.05, 0) is 30.7 Å². The smallest absolute Gasteiger partial charge is 0.387 e. The molecule has 0 unspecified atom stereocenters. The molecule has 112 valence electrons. The van der Waals surface area contributed by atoms with Crippen LogP contribution >= 0.6 is 0 Å². The number of carboxylic acids is 1. The summed E-state index contributed by atoms with van der Waals surface area (Å²) in [5.41, 5.74) is 0.182. The number of halogens is 2. The quantitative estimate of drug-likeness (QED) is 0.765. The Kier molecular flexibility index (Phi) is 5.68. The lowest BCUT2D eigenvalue weighted by Gasteiger charge is -2.09. The highest BCUT2D eigenvalue weighted by molar-refractivity contribution is 7.92. The second kappa shape index (κ2) is 7.04. The standard InChI is InChI=1S/C11H13F2NO5S/c12-11(13)19-9-5-3-8(4-6-9)14-20(17,18)7-1-2-10(15)16/h3-6,11,14H,1-2,7H2,(H,15,16). The molecular formula is C11H13F2NO5S. The lowest BCUT2D eigenvalue weighted by atomic mass is 10.3. The summed E-state index contributed by atoms with van der Waals surface area (Å²) < 4.78 is 53.3. The number of alkyl halides is 2. The van der Waals surface area contributed by atoms with E-state index in [2.05, 4.69) is 9.46 Å². The molecule has 6 nitrogen and oxygen atoms in total. The van der Waals surface area contributed by atoms with Crippen LogP contribution < -0.4 is 9.46 Å². The van der Waals surface area contributed by atoms with E-state index in [9.17, 15) is 22.0 Å². The monoisotopic (exact) mass is 309 g/mol. The van der Waals surface area contributed by atoms with Gasteiger partial charge in [0, 0.05) is 12.1 Å². The number of hydrogen-bond donors (Lipinski definition) is 2. The molecule has 0 aliphatic rings. The first-order valence-electron chi connectivity index (χ1n) is 5.56. The fraction of sp³-hybridized carbons (Fsp3) is 0.364. The molecule has 2 N–H and O–H groups in total. The Morgan fingerprint density at radius 2 is 1.90 bits per heavy atom. The Labute approximate surface area is 114 Å². The van der Waals surface area contributed by atoms with Gasteiger partial charge in [-0.15, -0.1) is 0 Å². The Hall–Kier alpha value is -1.90. The molecule has 9 heteroatoms. The highest BCUT2D eigenvalue weighted by atomic mass is 32.2. The van der Waals surface area contributed by atoms with Crippen molar-refractivity contribution in [2.75, 3.05) is 10.5 Å². The van der Waals surface area contributed by atoms with Gasteiger partial charge in [0.15, 0.2) is 0 Å². The van der Waals surface area contributed by atoms with Crippen molar-refractivity contribution in [2.45, 2.75) is 19.5 Å². The van der Waals surface area contributed by atoms with Gasteiger partial charge in [0.1, 0.15) is 5.75 Å². The number of carboxylic acid groups (broad SMARTS) is 1. The summed E-state index contributed by atoms with van der Waals surface area (Å²) in [6, 6.07) is 4.93. The number of ether oxygens (including phenoxy) is 1. The molecule has 20 heavy (non-hydrogen) atoms. The van der Waals surface area contributed by atoms with Gasteiger partial charge in [-0.3, -0.25) is 9.52 Å². The second-order valence-electron chi connectivity index (χ2n) is 3.82. The molecule has 0 aromatic heterocycles. The van der Waals surface area contributed by atoms with Crippen LogP contribution in [0.5, 0.6) is 5.75 Å². The van der Waals surface area contributed by atoms with Crippen molar-refractivity contribution in [3.05, 3.63) is 24.3 Å². The summed E-state index contributed by atoms with van der Waals surface area (Å²) in [5.74, 6) is -1.50. The minimum atomic E-state index is -3.67. The molecule has 0 radical (unpaired) electrons. The Morgan fingerprint density at radius 1 is 1.30 bits per heavy atom. The van der Waals surface area contributed by atoms with Gasteiger partial charge in [0.25, 0.3) is 0 Å². The van der Waals surface area contributed by atoms with Crippen LogP contribution in [0, 0.1) is 0 Å². The van der Waals surface area contributed by atoms with Crippen LogP contribution in [0.2, 0.25) is 0 Å². The maximum Gasteiger partial charge on any atom is 0.387 e. The third-order valence-electron chi connectivity index (χ3n) is 2.16. The van der Waals surface area contributed by atoms with Gasteiger partial charge in [0.2, 0.25) is 10.0 Å². The summed E-state index contributed by atoms with van der Waals surface area (Å²) >= 11 is 0. The van der Waals surface area contributed by atoms with E-state index in [0.717, 1.165) is 0 Å². The molecule has 1 rings (SSSR count). The Morgan fingerprint density at radius 3 is 2.40 bits per heavy atom. The van der Waals surface area contributed by atoms with Gasteiger partial charge in [-0.1, -0.05) is 0 Å². The number of carbonyl (C=O) groups is 1. The fourth-order valence-corrected chi connectivity index (χ4v) is 2.47. The van der Waals surface area contributed by atoms with Crippen molar-refractivity contribution in [3.63, 3.8) is 0 Å². The highest BCUT2D eigenvalue weighted by Crippen LogP contribution is 2.18. The van der Waals surface area contributed by atoms with Crippen LogP contribution in [0.3, 0.4) is 0 Å². The average Bonchev–Trinajstić information content (AvgIpc) is 2.29. The van der Waals surface area contributed by atoms with Gasteiger partial charge >= 0.3 is 12.6 Å². The van der Waals surface area contributed by atoms with E-state index in [1.54, 1.807) is 0 Å². The summed E-state index contributed by atoms with van der Waals surface area (Å²) in [4.78, 5) is 10.3. The molecule has 0 bridgehead atoms. The second-order valence-corrected chi connectivity index (χ2v) is 5.66. The van der Waals surface area contributed by atoms with Crippen LogP contribution in [0.15, 0.2) is 24.3 Å². The lowest BCUT2D eigenvalue weighted by Crippen LogP contribution is -2.17. The summed E-state index contributed by atoms with van der Waals surface area (Å²) in [7, 11) is -3.67. The molecule has 0 heterocycles. The minimum absolute atomic E-state index is 0.0166. The SMILES string of the molecule is O=C(O)CCCS(=O)(=O)Nc1ccc(OC(F)F)cc1. The van der Waals surface area contributed by atoms with Gasteiger partial charge in [-0.25, -0.2) is 8.42 Å². The predicted octanol–water partition coefficient (Wildman–Crippen LogP) is 1.89. The minimum Gasteiger partial charge on any atom is -0.481 e. The number of aliphatic carboxylic acids is 1. The van der Waals surface area contributed by atoms with E-state index in [-0.39, 0.29) is 30.0 Å². The normalized spacial score (nSPS) is 11.3. The molecule has 0 saturated carbocycles. The molecule has 0 spiro atoms. The molecule has 0 aliphatic carbocycles. The maximum absolute atomic E-state index is 11.9. The van der Waals surface area contributed by atoms with Gasteiger partial charge in [-0.2, -0.15) is 8.78 Å². The molecule has 0 aliphatic heterocycles. The molecule has 1 aromatic carbocycles. The average molecular weight is 309 g/mol. The van der Waals surface area contributed by atoms with Crippen molar-refractivity contribution >= 4 is 21.7 Å². The van der Waals surface area contributed by atoms with E-state index in [1.165, 1.54) is 24.3 Å². The fourth-order valence-electron chi connectivity index (χ4n) is 1.35. The lowest BCUT2D eigenvalue weighted by molar-refractivity contribution is -0.137. The molecular weight excluding hydrogens is 296 g/mol.